The summed E-state index contributed by atoms with van der Waals surface area (Å²) in [6, 6.07) is 4.79. The standard InChI is InChI=1S/C15H20ClN5O/c1-8(2)13(14-17-10(4)20-21-14)19-15(22)18-11-6-5-9(3)12(16)7-11/h5-8,13H,1-4H3,(H,17,20,21)(H2,18,19,22)/t13-/m1/s1. The topological polar surface area (TPSA) is 82.7 Å². The number of nitrogens with zero attached hydrogens (tertiary/aromatic N) is 2. The molecule has 0 unspecified atom stereocenters. The normalized spacial score (nSPS) is 12.3. The molecule has 2 rings (SSSR count). The molecule has 0 aliphatic heterocycles. The molecule has 1 heterocycles. The average molecular weight is 322 g/mol. The van der Waals surface area contributed by atoms with Crippen LogP contribution in [0.2, 0.25) is 5.02 Å². The summed E-state index contributed by atoms with van der Waals surface area (Å²) in [4.78, 5) is 16.5. The number of rotatable bonds is 4. The predicted molar refractivity (Wildman–Crippen MR) is 87.0 cm³/mol. The highest BCUT2D eigenvalue weighted by Crippen LogP contribution is 2.21. The first-order chi connectivity index (χ1) is 10.4. The number of aryl methyl sites for hydroxylation is 2. The zero-order chi connectivity index (χ0) is 16.3. The van der Waals surface area contributed by atoms with Gasteiger partial charge in [-0.1, -0.05) is 31.5 Å². The average Bonchev–Trinajstić information content (AvgIpc) is 2.86. The highest BCUT2D eigenvalue weighted by molar-refractivity contribution is 6.31. The minimum atomic E-state index is -0.318. The molecule has 0 aliphatic carbocycles. The van der Waals surface area contributed by atoms with E-state index in [0.717, 1.165) is 5.56 Å². The Morgan fingerprint density at radius 3 is 2.59 bits per heavy atom. The molecule has 0 saturated heterocycles. The third-order valence-corrected chi connectivity index (χ3v) is 3.68. The molecule has 118 valence electrons. The fourth-order valence-corrected chi connectivity index (χ4v) is 2.19. The summed E-state index contributed by atoms with van der Waals surface area (Å²) in [6.45, 7) is 7.73. The van der Waals surface area contributed by atoms with Gasteiger partial charge in [-0.25, -0.2) is 9.78 Å². The second-order valence-corrected chi connectivity index (χ2v) is 5.97. The lowest BCUT2D eigenvalue weighted by Gasteiger charge is -2.19. The van der Waals surface area contributed by atoms with Crippen LogP contribution in [0.1, 0.15) is 37.1 Å². The predicted octanol–water partition coefficient (Wildman–Crippen LogP) is 3.59. The van der Waals surface area contributed by atoms with Crippen LogP contribution in [0.5, 0.6) is 0 Å². The van der Waals surface area contributed by atoms with Gasteiger partial charge in [0.25, 0.3) is 0 Å². The van der Waals surface area contributed by atoms with Crippen LogP contribution in [0.4, 0.5) is 10.5 Å². The molecule has 1 aromatic heterocycles. The SMILES string of the molecule is Cc1nc([C@H](NC(=O)Nc2ccc(C)c(Cl)c2)C(C)C)n[nH]1. The Labute approximate surface area is 134 Å². The summed E-state index contributed by atoms with van der Waals surface area (Å²) in [5.41, 5.74) is 1.60. The molecule has 3 N–H and O–H groups in total. The fourth-order valence-electron chi connectivity index (χ4n) is 2.01. The number of amides is 2. The first-order valence-corrected chi connectivity index (χ1v) is 7.47. The first kappa shape index (κ1) is 16.3. The van der Waals surface area contributed by atoms with Crippen LogP contribution in [0.15, 0.2) is 18.2 Å². The molecule has 1 aromatic carbocycles. The molecular formula is C15H20ClN5O. The fraction of sp³-hybridized carbons (Fsp3) is 0.400. The number of urea groups is 1. The monoisotopic (exact) mass is 321 g/mol. The summed E-state index contributed by atoms with van der Waals surface area (Å²) in [7, 11) is 0. The molecule has 7 heteroatoms. The van der Waals surface area contributed by atoms with Crippen LogP contribution in [0, 0.1) is 19.8 Å². The van der Waals surface area contributed by atoms with Crippen molar-refractivity contribution in [3.63, 3.8) is 0 Å². The van der Waals surface area contributed by atoms with Crippen LogP contribution in [0.25, 0.3) is 0 Å². The lowest BCUT2D eigenvalue weighted by Crippen LogP contribution is -2.35. The van der Waals surface area contributed by atoms with Crippen molar-refractivity contribution in [2.45, 2.75) is 33.7 Å². The van der Waals surface area contributed by atoms with Crippen LogP contribution < -0.4 is 10.6 Å². The van der Waals surface area contributed by atoms with E-state index >= 15 is 0 Å². The molecule has 2 amide bonds. The maximum absolute atomic E-state index is 12.2. The van der Waals surface area contributed by atoms with Crippen molar-refractivity contribution in [2.24, 2.45) is 5.92 Å². The number of hydrogen-bond acceptors (Lipinski definition) is 3. The van der Waals surface area contributed by atoms with Crippen molar-refractivity contribution in [3.05, 3.63) is 40.4 Å². The Morgan fingerprint density at radius 1 is 1.32 bits per heavy atom. The van der Waals surface area contributed by atoms with Crippen molar-refractivity contribution in [2.75, 3.05) is 5.32 Å². The first-order valence-electron chi connectivity index (χ1n) is 7.09. The van der Waals surface area contributed by atoms with E-state index in [1.54, 1.807) is 6.07 Å². The van der Waals surface area contributed by atoms with Gasteiger partial charge in [0, 0.05) is 10.7 Å². The Balaban J connectivity index is 2.06. The molecule has 0 bridgehead atoms. The van der Waals surface area contributed by atoms with E-state index in [-0.39, 0.29) is 18.0 Å². The van der Waals surface area contributed by atoms with E-state index in [2.05, 4.69) is 25.8 Å². The number of nitrogens with one attached hydrogen (secondary N) is 3. The van der Waals surface area contributed by atoms with Crippen molar-refractivity contribution < 1.29 is 4.79 Å². The smallest absolute Gasteiger partial charge is 0.319 e. The molecule has 0 fully saturated rings. The third-order valence-electron chi connectivity index (χ3n) is 3.28. The number of anilines is 1. The van der Waals surface area contributed by atoms with E-state index < -0.39 is 0 Å². The molecule has 0 saturated carbocycles. The second-order valence-electron chi connectivity index (χ2n) is 5.56. The van der Waals surface area contributed by atoms with Crippen molar-refractivity contribution in [1.82, 2.24) is 20.5 Å². The van der Waals surface area contributed by atoms with E-state index in [1.165, 1.54) is 0 Å². The van der Waals surface area contributed by atoms with Gasteiger partial charge in [0.1, 0.15) is 5.82 Å². The second kappa shape index (κ2) is 6.79. The quantitative estimate of drug-likeness (QED) is 0.804. The molecular weight excluding hydrogens is 302 g/mol. The summed E-state index contributed by atoms with van der Waals surface area (Å²) in [5.74, 6) is 1.44. The van der Waals surface area contributed by atoms with Gasteiger partial charge >= 0.3 is 6.03 Å². The number of aromatic amines is 1. The largest absolute Gasteiger partial charge is 0.328 e. The van der Waals surface area contributed by atoms with Gasteiger partial charge in [-0.3, -0.25) is 5.10 Å². The van der Waals surface area contributed by atoms with Gasteiger partial charge in [-0.15, -0.1) is 0 Å². The molecule has 6 nitrogen and oxygen atoms in total. The number of carbonyl (C=O) groups excluding carboxylic acids is 1. The highest BCUT2D eigenvalue weighted by Gasteiger charge is 2.22. The highest BCUT2D eigenvalue weighted by atomic mass is 35.5. The lowest BCUT2D eigenvalue weighted by molar-refractivity contribution is 0.244. The van der Waals surface area contributed by atoms with Gasteiger partial charge in [-0.2, -0.15) is 5.10 Å². The summed E-state index contributed by atoms with van der Waals surface area (Å²) in [5, 5.41) is 13.2. The van der Waals surface area contributed by atoms with Crippen molar-refractivity contribution in [1.29, 1.82) is 0 Å². The molecule has 22 heavy (non-hydrogen) atoms. The minimum absolute atomic E-state index is 0.155. The number of aromatic nitrogens is 3. The van der Waals surface area contributed by atoms with E-state index in [0.29, 0.717) is 22.4 Å². The van der Waals surface area contributed by atoms with Crippen LogP contribution >= 0.6 is 11.6 Å². The van der Waals surface area contributed by atoms with Gasteiger partial charge in [-0.05, 0) is 37.5 Å². The Bertz CT molecular complexity index is 668. The van der Waals surface area contributed by atoms with Gasteiger partial charge in [0.05, 0.1) is 6.04 Å². The van der Waals surface area contributed by atoms with Crippen LogP contribution in [-0.4, -0.2) is 21.2 Å². The van der Waals surface area contributed by atoms with Crippen LogP contribution in [-0.2, 0) is 0 Å². The Morgan fingerprint density at radius 2 is 2.05 bits per heavy atom. The molecule has 0 aliphatic rings. The maximum Gasteiger partial charge on any atom is 0.319 e. The number of H-pyrrole nitrogens is 1. The summed E-state index contributed by atoms with van der Waals surface area (Å²) in [6.07, 6.45) is 0. The summed E-state index contributed by atoms with van der Waals surface area (Å²) < 4.78 is 0. The number of halogens is 1. The Hall–Kier alpha value is -2.08. The van der Waals surface area contributed by atoms with E-state index in [9.17, 15) is 4.79 Å². The van der Waals surface area contributed by atoms with Crippen LogP contribution in [0.3, 0.4) is 0 Å². The van der Waals surface area contributed by atoms with Gasteiger partial charge in [0.2, 0.25) is 0 Å². The minimum Gasteiger partial charge on any atom is -0.328 e. The summed E-state index contributed by atoms with van der Waals surface area (Å²) >= 11 is 6.06. The number of benzene rings is 1. The van der Waals surface area contributed by atoms with E-state index in [4.69, 9.17) is 11.6 Å². The lowest BCUT2D eigenvalue weighted by atomic mass is 10.0. The Kier molecular flexibility index (Phi) is 5.03. The zero-order valence-electron chi connectivity index (χ0n) is 13.1. The molecule has 0 radical (unpaired) electrons. The third kappa shape index (κ3) is 3.98. The van der Waals surface area contributed by atoms with Crippen molar-refractivity contribution >= 4 is 23.3 Å². The molecule has 2 aromatic rings. The molecule has 1 atom stereocenters. The number of carbonyl (C=O) groups is 1. The van der Waals surface area contributed by atoms with E-state index in [1.807, 2.05) is 39.8 Å². The molecule has 0 spiro atoms. The number of hydrogen-bond donors (Lipinski definition) is 3. The van der Waals surface area contributed by atoms with Gasteiger partial charge < -0.3 is 10.6 Å². The maximum atomic E-state index is 12.2. The van der Waals surface area contributed by atoms with Gasteiger partial charge in [0.15, 0.2) is 5.82 Å². The zero-order valence-corrected chi connectivity index (χ0v) is 13.8. The van der Waals surface area contributed by atoms with Crippen molar-refractivity contribution in [3.8, 4) is 0 Å².